The second-order valence-corrected chi connectivity index (χ2v) is 11.9. The number of fused-ring (bicyclic) bond motifs is 1. The van der Waals surface area contributed by atoms with Gasteiger partial charge in [-0.2, -0.15) is 18.3 Å². The summed E-state index contributed by atoms with van der Waals surface area (Å²) in [6.07, 6.45) is 4.26. The zero-order valence-electron chi connectivity index (χ0n) is 24.7. The third kappa shape index (κ3) is 6.61. The second kappa shape index (κ2) is 12.7. The van der Waals surface area contributed by atoms with Gasteiger partial charge in [-0.3, -0.25) is 19.3 Å². The van der Waals surface area contributed by atoms with E-state index in [1.807, 2.05) is 28.9 Å². The third-order valence-electron chi connectivity index (χ3n) is 8.39. The summed E-state index contributed by atoms with van der Waals surface area (Å²) in [4.78, 5) is 39.6. The minimum absolute atomic E-state index is 0.0319. The van der Waals surface area contributed by atoms with Crippen molar-refractivity contribution in [1.82, 2.24) is 29.5 Å². The van der Waals surface area contributed by atoms with E-state index in [-0.39, 0.29) is 46.8 Å². The molecule has 2 amide bonds. The Bertz CT molecular complexity index is 1730. The lowest BCUT2D eigenvalue weighted by atomic mass is 10.00. The van der Waals surface area contributed by atoms with Crippen molar-refractivity contribution in [2.45, 2.75) is 57.9 Å². The molecule has 0 aliphatic carbocycles. The number of carbonyl (C=O) groups excluding carboxylic acids is 2. The van der Waals surface area contributed by atoms with Gasteiger partial charge < -0.3 is 14.5 Å². The number of hydrogen-bond donors (Lipinski definition) is 0. The largest absolute Gasteiger partial charge is 0.471 e. The number of alkyl halides is 3. The number of ether oxygens (including phenoxy) is 1. The van der Waals surface area contributed by atoms with E-state index in [1.54, 1.807) is 29.2 Å². The predicted molar refractivity (Wildman–Crippen MR) is 161 cm³/mol. The van der Waals surface area contributed by atoms with Crippen LogP contribution in [0.25, 0.3) is 10.8 Å². The van der Waals surface area contributed by atoms with Gasteiger partial charge in [0.25, 0.3) is 11.8 Å². The first-order chi connectivity index (χ1) is 21.6. The number of piperidine rings is 2. The van der Waals surface area contributed by atoms with Crippen LogP contribution in [0.1, 0.15) is 75.8 Å². The molecule has 0 unspecified atom stereocenters. The molecule has 2 aliphatic heterocycles. The molecule has 0 N–H and O–H groups in total. The Morgan fingerprint density at radius 1 is 0.978 bits per heavy atom. The summed E-state index contributed by atoms with van der Waals surface area (Å²) in [6, 6.07) is 7.80. The zero-order valence-corrected chi connectivity index (χ0v) is 25.4. The highest BCUT2D eigenvalue weighted by Gasteiger charge is 2.32. The number of likely N-dealkylation sites (tertiary alicyclic amines) is 2. The van der Waals surface area contributed by atoms with Crippen molar-refractivity contribution in [3.05, 3.63) is 82.0 Å². The van der Waals surface area contributed by atoms with E-state index < -0.39 is 11.7 Å². The molecule has 2 saturated heterocycles. The van der Waals surface area contributed by atoms with Crippen LogP contribution in [0.2, 0.25) is 5.02 Å². The highest BCUT2D eigenvalue weighted by molar-refractivity contribution is 6.31. The van der Waals surface area contributed by atoms with Gasteiger partial charge in [-0.15, -0.1) is 0 Å². The Balaban J connectivity index is 1.32. The van der Waals surface area contributed by atoms with Gasteiger partial charge in [0.05, 0.1) is 28.5 Å². The maximum absolute atomic E-state index is 14.0. The van der Waals surface area contributed by atoms with Crippen molar-refractivity contribution in [2.24, 2.45) is 0 Å². The fourth-order valence-electron chi connectivity index (χ4n) is 5.93. The number of amides is 2. The average molecular weight is 641 g/mol. The van der Waals surface area contributed by atoms with Crippen molar-refractivity contribution in [1.29, 1.82) is 0 Å². The van der Waals surface area contributed by atoms with Gasteiger partial charge in [0.15, 0.2) is 0 Å². The lowest BCUT2D eigenvalue weighted by molar-refractivity contribution is -0.137. The summed E-state index contributed by atoms with van der Waals surface area (Å²) in [7, 11) is 0. The summed E-state index contributed by atoms with van der Waals surface area (Å²) >= 11 is 6.11. The smallest absolute Gasteiger partial charge is 0.417 e. The van der Waals surface area contributed by atoms with Crippen molar-refractivity contribution in [3.8, 4) is 5.88 Å². The van der Waals surface area contributed by atoms with E-state index in [2.05, 4.69) is 15.1 Å². The first kappa shape index (κ1) is 30.8. The van der Waals surface area contributed by atoms with Crippen LogP contribution in [0.5, 0.6) is 5.88 Å². The molecule has 0 bridgehead atoms. The van der Waals surface area contributed by atoms with Crippen LogP contribution in [0.3, 0.4) is 0 Å². The third-order valence-corrected chi connectivity index (χ3v) is 8.71. The van der Waals surface area contributed by atoms with Gasteiger partial charge in [0, 0.05) is 61.0 Å². The van der Waals surface area contributed by atoms with E-state index in [1.165, 1.54) is 0 Å². The Morgan fingerprint density at radius 3 is 2.38 bits per heavy atom. The summed E-state index contributed by atoms with van der Waals surface area (Å²) in [6.45, 7) is 3.98. The number of benzene rings is 1. The molecular weight excluding hydrogens is 609 g/mol. The molecule has 2 aliphatic rings. The van der Waals surface area contributed by atoms with Crippen LogP contribution in [-0.4, -0.2) is 67.5 Å². The first-order valence-electron chi connectivity index (χ1n) is 15.0. The van der Waals surface area contributed by atoms with Gasteiger partial charge in [0.2, 0.25) is 5.88 Å². The van der Waals surface area contributed by atoms with Crippen molar-refractivity contribution >= 4 is 34.2 Å². The van der Waals surface area contributed by atoms with Crippen LogP contribution in [0, 0.1) is 6.92 Å². The van der Waals surface area contributed by atoms with E-state index in [4.69, 9.17) is 16.3 Å². The summed E-state index contributed by atoms with van der Waals surface area (Å²) in [5.41, 5.74) is 0.738. The monoisotopic (exact) mass is 640 g/mol. The second-order valence-electron chi connectivity index (χ2n) is 11.5. The van der Waals surface area contributed by atoms with Gasteiger partial charge in [0.1, 0.15) is 12.3 Å². The molecule has 45 heavy (non-hydrogen) atoms. The summed E-state index contributed by atoms with van der Waals surface area (Å²) < 4.78 is 47.2. The van der Waals surface area contributed by atoms with Crippen LogP contribution in [0.15, 0.2) is 48.9 Å². The number of pyridine rings is 2. The Hall–Kier alpha value is -4.19. The first-order valence-corrected chi connectivity index (χ1v) is 15.3. The molecule has 3 aromatic heterocycles. The van der Waals surface area contributed by atoms with Crippen LogP contribution in [-0.2, 0) is 12.8 Å². The number of aromatic nitrogens is 4. The van der Waals surface area contributed by atoms with Gasteiger partial charge in [-0.05, 0) is 56.7 Å². The molecule has 4 aromatic rings. The molecular formula is C32H32ClF3N6O3. The van der Waals surface area contributed by atoms with Crippen LogP contribution < -0.4 is 4.74 Å². The molecule has 0 saturated carbocycles. The molecule has 13 heteroatoms. The lowest BCUT2D eigenvalue weighted by Gasteiger charge is -2.32. The molecule has 0 spiro atoms. The number of nitrogens with zero attached hydrogens (tertiary/aromatic N) is 6. The molecule has 9 nitrogen and oxygen atoms in total. The lowest BCUT2D eigenvalue weighted by Crippen LogP contribution is -2.39. The van der Waals surface area contributed by atoms with E-state index in [9.17, 15) is 22.8 Å². The maximum atomic E-state index is 14.0. The minimum atomic E-state index is -4.59. The number of hydrogen-bond acceptors (Lipinski definition) is 6. The zero-order chi connectivity index (χ0) is 31.7. The Morgan fingerprint density at radius 2 is 1.71 bits per heavy atom. The van der Waals surface area contributed by atoms with E-state index >= 15 is 0 Å². The Labute approximate surface area is 262 Å². The molecule has 236 valence electrons. The molecule has 2 fully saturated rings. The van der Waals surface area contributed by atoms with Crippen LogP contribution >= 0.6 is 11.6 Å². The fourth-order valence-corrected chi connectivity index (χ4v) is 6.15. The number of aryl methyl sites for hydroxylation is 1. The van der Waals surface area contributed by atoms with Crippen molar-refractivity contribution in [3.63, 3.8) is 0 Å². The Kier molecular flexibility index (Phi) is 8.67. The predicted octanol–water partition coefficient (Wildman–Crippen LogP) is 6.49. The maximum Gasteiger partial charge on any atom is 0.417 e. The summed E-state index contributed by atoms with van der Waals surface area (Å²) in [5.74, 6) is -0.406. The number of halogens is 4. The van der Waals surface area contributed by atoms with E-state index in [0.717, 1.165) is 43.7 Å². The number of rotatable bonds is 6. The molecule has 1 aromatic carbocycles. The number of carbonyl (C=O) groups is 2. The van der Waals surface area contributed by atoms with Gasteiger partial charge in [-0.25, -0.2) is 4.98 Å². The van der Waals surface area contributed by atoms with Gasteiger partial charge >= 0.3 is 6.18 Å². The normalized spacial score (nSPS) is 16.3. The highest BCUT2D eigenvalue weighted by Crippen LogP contribution is 2.33. The molecule has 5 heterocycles. The van der Waals surface area contributed by atoms with Gasteiger partial charge in [-0.1, -0.05) is 23.7 Å². The topological polar surface area (TPSA) is 93.5 Å². The van der Waals surface area contributed by atoms with Crippen molar-refractivity contribution < 1.29 is 27.5 Å². The quantitative estimate of drug-likeness (QED) is 0.239. The van der Waals surface area contributed by atoms with Crippen LogP contribution in [0.4, 0.5) is 13.2 Å². The standard InChI is InChI=1S/C32H32ClF3N6O3/c1-20-16-38-42(18-20)22-8-12-41(13-9-22)31(44)29-23-6-5-7-24(30(43)40-10-3-2-4-11-40)25(23)15-28(39-29)45-19-27-26(33)14-21(17-37-27)32(34,35)36/h5-7,14-18,22H,2-4,8-13,19H2,1H3. The average Bonchev–Trinajstić information content (AvgIpc) is 3.49. The minimum Gasteiger partial charge on any atom is -0.471 e. The summed E-state index contributed by atoms with van der Waals surface area (Å²) in [5, 5.41) is 5.25. The fraction of sp³-hybridized carbons (Fsp3) is 0.406. The highest BCUT2D eigenvalue weighted by atomic mass is 35.5. The SMILES string of the molecule is Cc1cnn(C2CCN(C(=O)c3nc(OCc4ncc(C(F)(F)F)cc4Cl)cc4c(C(=O)N5CCCCC5)cccc34)CC2)c1. The van der Waals surface area contributed by atoms with Crippen molar-refractivity contribution in [2.75, 3.05) is 26.2 Å². The van der Waals surface area contributed by atoms with E-state index in [0.29, 0.717) is 48.7 Å². The molecule has 0 radical (unpaired) electrons. The molecule has 0 atom stereocenters. The molecule has 6 rings (SSSR count).